The normalized spacial score (nSPS) is 15.4. The predicted molar refractivity (Wildman–Crippen MR) is 81.4 cm³/mol. The maximum absolute atomic E-state index is 13.9. The van der Waals surface area contributed by atoms with Crippen molar-refractivity contribution in [3.8, 4) is 11.3 Å². The third-order valence-corrected chi connectivity index (χ3v) is 3.78. The van der Waals surface area contributed by atoms with Gasteiger partial charge in [0.2, 0.25) is 5.95 Å². The molecule has 0 atom stereocenters. The minimum Gasteiger partial charge on any atom is -0.378 e. The number of hydrogen-bond donors (Lipinski definition) is 0. The highest BCUT2D eigenvalue weighted by Gasteiger charge is 2.18. The quantitative estimate of drug-likeness (QED) is 0.681. The fraction of sp³-hybridized carbons (Fsp3) is 0.250. The molecule has 0 spiro atoms. The lowest BCUT2D eigenvalue weighted by atomic mass is 10.2. The van der Waals surface area contributed by atoms with Gasteiger partial charge in [-0.15, -0.1) is 0 Å². The first-order chi connectivity index (χ1) is 10.8. The Morgan fingerprint density at radius 1 is 1.05 bits per heavy atom. The van der Waals surface area contributed by atoms with E-state index >= 15 is 0 Å². The number of nitrogens with zero attached hydrogens (tertiary/aromatic N) is 4. The van der Waals surface area contributed by atoms with Crippen molar-refractivity contribution in [1.29, 1.82) is 0 Å². The molecule has 0 unspecified atom stereocenters. The van der Waals surface area contributed by atoms with Crippen LogP contribution in [0.3, 0.4) is 0 Å². The van der Waals surface area contributed by atoms with E-state index in [1.54, 1.807) is 4.52 Å². The molecule has 0 radical (unpaired) electrons. The van der Waals surface area contributed by atoms with Crippen molar-refractivity contribution in [3.63, 3.8) is 0 Å². The van der Waals surface area contributed by atoms with E-state index in [9.17, 15) is 4.39 Å². The number of anilines is 1. The van der Waals surface area contributed by atoms with E-state index in [0.717, 1.165) is 24.3 Å². The van der Waals surface area contributed by atoms with Crippen LogP contribution >= 0.6 is 0 Å². The summed E-state index contributed by atoms with van der Waals surface area (Å²) < 4.78 is 20.9. The lowest BCUT2D eigenvalue weighted by Crippen LogP contribution is -2.37. The van der Waals surface area contributed by atoms with Crippen LogP contribution in [-0.4, -0.2) is 40.9 Å². The van der Waals surface area contributed by atoms with Gasteiger partial charge in [-0.05, 0) is 0 Å². The molecule has 5 nitrogen and oxygen atoms in total. The van der Waals surface area contributed by atoms with Crippen LogP contribution in [0.1, 0.15) is 0 Å². The first-order valence-electron chi connectivity index (χ1n) is 7.26. The molecule has 1 aliphatic rings. The number of aromatic nitrogens is 3. The van der Waals surface area contributed by atoms with Crippen molar-refractivity contribution < 1.29 is 9.13 Å². The Labute approximate surface area is 127 Å². The standard InChI is InChI=1S/C16H15FN4O/c17-14-11-16(20-6-8-22-9-7-20)21-15(18-14)10-13(19-21)12-4-2-1-3-5-12/h1-5,10-11H,6-9H2. The fourth-order valence-corrected chi connectivity index (χ4v) is 2.70. The summed E-state index contributed by atoms with van der Waals surface area (Å²) >= 11 is 0. The summed E-state index contributed by atoms with van der Waals surface area (Å²) in [6.07, 6.45) is 0. The van der Waals surface area contributed by atoms with Crippen LogP contribution in [0, 0.1) is 5.95 Å². The van der Waals surface area contributed by atoms with Gasteiger partial charge in [-0.3, -0.25) is 0 Å². The van der Waals surface area contributed by atoms with E-state index in [-0.39, 0.29) is 0 Å². The third-order valence-electron chi connectivity index (χ3n) is 3.78. The first kappa shape index (κ1) is 13.2. The average Bonchev–Trinajstić information content (AvgIpc) is 2.99. The van der Waals surface area contributed by atoms with E-state index in [4.69, 9.17) is 4.74 Å². The molecule has 0 saturated carbocycles. The average molecular weight is 298 g/mol. The number of morpholine rings is 1. The van der Waals surface area contributed by atoms with Gasteiger partial charge in [-0.25, -0.2) is 0 Å². The Morgan fingerprint density at radius 3 is 2.59 bits per heavy atom. The minimum atomic E-state index is -0.492. The monoisotopic (exact) mass is 298 g/mol. The van der Waals surface area contributed by atoms with Crippen molar-refractivity contribution in [2.24, 2.45) is 0 Å². The van der Waals surface area contributed by atoms with Crippen molar-refractivity contribution in [3.05, 3.63) is 48.4 Å². The first-order valence-corrected chi connectivity index (χ1v) is 7.26. The largest absolute Gasteiger partial charge is 0.378 e. The summed E-state index contributed by atoms with van der Waals surface area (Å²) in [6, 6.07) is 13.1. The van der Waals surface area contributed by atoms with Crippen LogP contribution in [0.25, 0.3) is 16.9 Å². The summed E-state index contributed by atoms with van der Waals surface area (Å²) in [5.74, 6) is 0.224. The second-order valence-electron chi connectivity index (χ2n) is 5.20. The SMILES string of the molecule is Fc1cc(N2CCOCC2)n2nc(-c3ccccc3)cc2n1. The van der Waals surface area contributed by atoms with Gasteiger partial charge in [0.05, 0.1) is 18.9 Å². The molecule has 0 amide bonds. The van der Waals surface area contributed by atoms with Crippen molar-refractivity contribution in [1.82, 2.24) is 14.6 Å². The molecule has 4 rings (SSSR count). The molecular weight excluding hydrogens is 283 g/mol. The molecule has 112 valence electrons. The van der Waals surface area contributed by atoms with Crippen LogP contribution in [0.15, 0.2) is 42.5 Å². The van der Waals surface area contributed by atoms with E-state index in [1.165, 1.54) is 6.07 Å². The molecule has 1 fully saturated rings. The zero-order valence-corrected chi connectivity index (χ0v) is 11.9. The molecule has 22 heavy (non-hydrogen) atoms. The third kappa shape index (κ3) is 2.31. The van der Waals surface area contributed by atoms with Crippen molar-refractivity contribution >= 4 is 11.5 Å². The molecule has 3 aromatic rings. The van der Waals surface area contributed by atoms with Gasteiger partial charge in [-0.1, -0.05) is 30.3 Å². The molecule has 0 aliphatic carbocycles. The lowest BCUT2D eigenvalue weighted by Gasteiger charge is -2.28. The van der Waals surface area contributed by atoms with Crippen LogP contribution in [0.2, 0.25) is 0 Å². The molecular formula is C16H15FN4O. The lowest BCUT2D eigenvalue weighted by molar-refractivity contribution is 0.122. The Kier molecular flexibility index (Phi) is 3.23. The molecule has 2 aromatic heterocycles. The molecule has 1 aromatic carbocycles. The summed E-state index contributed by atoms with van der Waals surface area (Å²) in [6.45, 7) is 2.72. The van der Waals surface area contributed by atoms with Crippen LogP contribution in [-0.2, 0) is 4.74 Å². The Bertz CT molecular complexity index is 797. The van der Waals surface area contributed by atoms with Crippen molar-refractivity contribution in [2.75, 3.05) is 31.2 Å². The Morgan fingerprint density at radius 2 is 1.82 bits per heavy atom. The summed E-state index contributed by atoms with van der Waals surface area (Å²) in [4.78, 5) is 6.03. The van der Waals surface area contributed by atoms with Gasteiger partial charge in [-0.2, -0.15) is 19.0 Å². The Balaban J connectivity index is 1.84. The zero-order chi connectivity index (χ0) is 14.9. The van der Waals surface area contributed by atoms with Gasteiger partial charge in [0, 0.05) is 30.8 Å². The van der Waals surface area contributed by atoms with E-state index in [0.29, 0.717) is 24.7 Å². The molecule has 1 saturated heterocycles. The number of fused-ring (bicyclic) bond motifs is 1. The molecule has 0 N–H and O–H groups in total. The Hall–Kier alpha value is -2.47. The summed E-state index contributed by atoms with van der Waals surface area (Å²) in [5, 5.41) is 4.60. The number of hydrogen-bond acceptors (Lipinski definition) is 4. The van der Waals surface area contributed by atoms with Gasteiger partial charge in [0.25, 0.3) is 0 Å². The second kappa shape index (κ2) is 5.38. The highest BCUT2D eigenvalue weighted by Crippen LogP contribution is 2.23. The molecule has 3 heterocycles. The van der Waals surface area contributed by atoms with Crippen LogP contribution in [0.4, 0.5) is 10.2 Å². The molecule has 1 aliphatic heterocycles. The van der Waals surface area contributed by atoms with Crippen molar-refractivity contribution in [2.45, 2.75) is 0 Å². The smallest absolute Gasteiger partial charge is 0.218 e. The maximum Gasteiger partial charge on any atom is 0.218 e. The summed E-state index contributed by atoms with van der Waals surface area (Å²) in [5.41, 5.74) is 2.29. The number of rotatable bonds is 2. The number of benzene rings is 1. The summed E-state index contributed by atoms with van der Waals surface area (Å²) in [7, 11) is 0. The molecule has 6 heteroatoms. The highest BCUT2D eigenvalue weighted by molar-refractivity contribution is 5.65. The van der Waals surface area contributed by atoms with Gasteiger partial charge < -0.3 is 9.64 Å². The number of ether oxygens (including phenoxy) is 1. The van der Waals surface area contributed by atoms with Crippen LogP contribution < -0.4 is 4.90 Å². The van der Waals surface area contributed by atoms with E-state index < -0.39 is 5.95 Å². The minimum absolute atomic E-state index is 0.492. The fourth-order valence-electron chi connectivity index (χ4n) is 2.70. The predicted octanol–water partition coefficient (Wildman–Crippen LogP) is 2.37. The zero-order valence-electron chi connectivity index (χ0n) is 11.9. The number of halogens is 1. The topological polar surface area (TPSA) is 42.7 Å². The van der Waals surface area contributed by atoms with Gasteiger partial charge >= 0.3 is 0 Å². The highest BCUT2D eigenvalue weighted by atomic mass is 19.1. The second-order valence-corrected chi connectivity index (χ2v) is 5.20. The van der Waals surface area contributed by atoms with E-state index in [1.807, 2.05) is 36.4 Å². The van der Waals surface area contributed by atoms with Gasteiger partial charge in [0.15, 0.2) is 5.65 Å². The van der Waals surface area contributed by atoms with Crippen LogP contribution in [0.5, 0.6) is 0 Å². The maximum atomic E-state index is 13.9. The molecule has 0 bridgehead atoms. The van der Waals surface area contributed by atoms with Gasteiger partial charge in [0.1, 0.15) is 5.82 Å². The van der Waals surface area contributed by atoms with E-state index in [2.05, 4.69) is 15.0 Å².